The summed E-state index contributed by atoms with van der Waals surface area (Å²) in [5.74, 6) is 5.45. The van der Waals surface area contributed by atoms with Crippen LogP contribution in [0.1, 0.15) is 6.92 Å². The number of thiazole rings is 1. The molecular formula is C16H14Cl2N4O2S. The fourth-order valence-corrected chi connectivity index (χ4v) is 3.39. The van der Waals surface area contributed by atoms with E-state index in [2.05, 4.69) is 15.7 Å². The maximum absolute atomic E-state index is 12.3. The lowest BCUT2D eigenvalue weighted by atomic mass is 10.2. The standard InChI is InChI=1S/C16H14Cl2N4O2S/c1-8(24-13-5-2-9(17)6-11(13)18)15(23)20-10-3-4-12-14(7-10)25-16(21-12)22-19/h2-8H,19H2,1H3,(H,20,23)(H,21,22)/t8-/m0/s1. The van der Waals surface area contributed by atoms with Gasteiger partial charge in [-0.2, -0.15) is 0 Å². The molecule has 0 spiro atoms. The van der Waals surface area contributed by atoms with Gasteiger partial charge in [0.25, 0.3) is 5.91 Å². The first-order valence-corrected chi connectivity index (χ1v) is 8.83. The summed E-state index contributed by atoms with van der Waals surface area (Å²) in [6.45, 7) is 1.64. The van der Waals surface area contributed by atoms with E-state index < -0.39 is 6.10 Å². The highest BCUT2D eigenvalue weighted by Gasteiger charge is 2.17. The van der Waals surface area contributed by atoms with E-state index in [1.807, 2.05) is 12.1 Å². The number of halogens is 2. The van der Waals surface area contributed by atoms with Crippen molar-refractivity contribution in [1.29, 1.82) is 0 Å². The van der Waals surface area contributed by atoms with E-state index in [0.717, 1.165) is 10.2 Å². The highest BCUT2D eigenvalue weighted by molar-refractivity contribution is 7.22. The minimum absolute atomic E-state index is 0.299. The molecule has 0 saturated heterocycles. The first kappa shape index (κ1) is 17.8. The molecule has 6 nitrogen and oxygen atoms in total. The third kappa shape index (κ3) is 4.13. The van der Waals surface area contributed by atoms with Gasteiger partial charge >= 0.3 is 0 Å². The van der Waals surface area contributed by atoms with E-state index in [9.17, 15) is 4.79 Å². The first-order valence-electron chi connectivity index (χ1n) is 7.26. The number of carbonyl (C=O) groups is 1. The summed E-state index contributed by atoms with van der Waals surface area (Å²) >= 11 is 13.3. The van der Waals surface area contributed by atoms with E-state index >= 15 is 0 Å². The Labute approximate surface area is 157 Å². The largest absolute Gasteiger partial charge is 0.479 e. The Morgan fingerprint density at radius 2 is 2.08 bits per heavy atom. The average molecular weight is 397 g/mol. The molecule has 0 radical (unpaired) electrons. The number of nitrogens with zero attached hydrogens (tertiary/aromatic N) is 1. The lowest BCUT2D eigenvalue weighted by Crippen LogP contribution is -2.30. The summed E-state index contributed by atoms with van der Waals surface area (Å²) in [5, 5.41) is 4.26. The zero-order valence-corrected chi connectivity index (χ0v) is 15.4. The Hall–Kier alpha value is -2.06. The van der Waals surface area contributed by atoms with E-state index in [1.54, 1.807) is 31.2 Å². The van der Waals surface area contributed by atoms with Gasteiger partial charge in [-0.05, 0) is 43.3 Å². The summed E-state index contributed by atoms with van der Waals surface area (Å²) in [6.07, 6.45) is -0.739. The normalized spacial score (nSPS) is 12.0. The average Bonchev–Trinajstić information content (AvgIpc) is 2.99. The molecule has 130 valence electrons. The van der Waals surface area contributed by atoms with Crippen molar-refractivity contribution in [3.05, 3.63) is 46.4 Å². The second-order valence-corrected chi connectivity index (χ2v) is 7.04. The van der Waals surface area contributed by atoms with Crippen LogP contribution in [0.3, 0.4) is 0 Å². The molecule has 25 heavy (non-hydrogen) atoms. The zero-order chi connectivity index (χ0) is 18.0. The van der Waals surface area contributed by atoms with Gasteiger partial charge in [0.2, 0.25) is 0 Å². The van der Waals surface area contributed by atoms with E-state index in [4.69, 9.17) is 33.8 Å². The van der Waals surface area contributed by atoms with E-state index in [0.29, 0.717) is 26.6 Å². The maximum Gasteiger partial charge on any atom is 0.265 e. The number of hydrogen-bond donors (Lipinski definition) is 3. The third-order valence-electron chi connectivity index (χ3n) is 3.35. The topological polar surface area (TPSA) is 89.3 Å². The Morgan fingerprint density at radius 3 is 2.80 bits per heavy atom. The van der Waals surface area contributed by atoms with Crippen molar-refractivity contribution in [3.8, 4) is 5.75 Å². The van der Waals surface area contributed by atoms with Crippen LogP contribution in [0, 0.1) is 0 Å². The number of anilines is 2. The summed E-state index contributed by atoms with van der Waals surface area (Å²) in [4.78, 5) is 16.6. The monoisotopic (exact) mass is 396 g/mol. The molecule has 1 atom stereocenters. The molecule has 1 amide bonds. The van der Waals surface area contributed by atoms with Crippen LogP contribution in [0.25, 0.3) is 10.2 Å². The van der Waals surface area contributed by atoms with Crippen molar-refractivity contribution in [2.24, 2.45) is 5.84 Å². The molecule has 3 aromatic rings. The van der Waals surface area contributed by atoms with Crippen molar-refractivity contribution in [3.63, 3.8) is 0 Å². The minimum Gasteiger partial charge on any atom is -0.479 e. The molecular weight excluding hydrogens is 383 g/mol. The second-order valence-electron chi connectivity index (χ2n) is 5.17. The maximum atomic E-state index is 12.3. The van der Waals surface area contributed by atoms with Gasteiger partial charge in [-0.25, -0.2) is 10.8 Å². The van der Waals surface area contributed by atoms with Gasteiger partial charge in [-0.15, -0.1) is 0 Å². The molecule has 0 aliphatic rings. The van der Waals surface area contributed by atoms with Crippen molar-refractivity contribution >= 4 is 61.5 Å². The first-order chi connectivity index (χ1) is 12.0. The molecule has 1 aromatic heterocycles. The summed E-state index contributed by atoms with van der Waals surface area (Å²) in [7, 11) is 0. The number of amides is 1. The van der Waals surface area contributed by atoms with E-state index in [1.165, 1.54) is 11.3 Å². The van der Waals surface area contributed by atoms with Crippen LogP contribution in [0.5, 0.6) is 5.75 Å². The van der Waals surface area contributed by atoms with Crippen LogP contribution >= 0.6 is 34.5 Å². The van der Waals surface area contributed by atoms with Crippen molar-refractivity contribution in [2.75, 3.05) is 10.7 Å². The van der Waals surface area contributed by atoms with Gasteiger partial charge in [-0.1, -0.05) is 34.5 Å². The molecule has 0 aliphatic carbocycles. The van der Waals surface area contributed by atoms with Crippen molar-refractivity contribution in [2.45, 2.75) is 13.0 Å². The molecule has 4 N–H and O–H groups in total. The Morgan fingerprint density at radius 1 is 1.28 bits per heavy atom. The third-order valence-corrected chi connectivity index (χ3v) is 4.83. The van der Waals surface area contributed by atoms with Gasteiger partial charge in [0.05, 0.1) is 15.2 Å². The quantitative estimate of drug-likeness (QED) is 0.441. The number of rotatable bonds is 5. The summed E-state index contributed by atoms with van der Waals surface area (Å²) in [6, 6.07) is 10.2. The van der Waals surface area contributed by atoms with Crippen LogP contribution in [0.15, 0.2) is 36.4 Å². The number of hydrazine groups is 1. The van der Waals surface area contributed by atoms with Crippen LogP contribution in [-0.2, 0) is 4.79 Å². The molecule has 2 aromatic carbocycles. The number of fused-ring (bicyclic) bond motifs is 1. The van der Waals surface area contributed by atoms with Gasteiger partial charge in [0.15, 0.2) is 11.2 Å². The zero-order valence-electron chi connectivity index (χ0n) is 13.0. The van der Waals surface area contributed by atoms with Gasteiger partial charge < -0.3 is 10.1 Å². The van der Waals surface area contributed by atoms with Crippen LogP contribution < -0.4 is 21.3 Å². The molecule has 0 aliphatic heterocycles. The molecule has 0 unspecified atom stereocenters. The smallest absolute Gasteiger partial charge is 0.265 e. The minimum atomic E-state index is -0.739. The second kappa shape index (κ2) is 7.45. The van der Waals surface area contributed by atoms with Crippen LogP contribution in [0.4, 0.5) is 10.8 Å². The number of aromatic nitrogens is 1. The van der Waals surface area contributed by atoms with Gasteiger partial charge in [0.1, 0.15) is 5.75 Å². The predicted octanol–water partition coefficient (Wildman–Crippen LogP) is 4.29. The van der Waals surface area contributed by atoms with Gasteiger partial charge in [0, 0.05) is 10.7 Å². The number of ether oxygens (including phenoxy) is 1. The summed E-state index contributed by atoms with van der Waals surface area (Å²) in [5.41, 5.74) is 3.95. The van der Waals surface area contributed by atoms with E-state index in [-0.39, 0.29) is 5.91 Å². The number of nitrogen functional groups attached to an aromatic ring is 1. The molecule has 9 heteroatoms. The molecule has 0 bridgehead atoms. The fourth-order valence-electron chi connectivity index (χ4n) is 2.12. The number of carbonyl (C=O) groups excluding carboxylic acids is 1. The Balaban J connectivity index is 1.70. The number of nitrogens with one attached hydrogen (secondary N) is 2. The number of nitrogens with two attached hydrogens (primary N) is 1. The number of benzene rings is 2. The predicted molar refractivity (Wildman–Crippen MR) is 103 cm³/mol. The lowest BCUT2D eigenvalue weighted by Gasteiger charge is -2.15. The highest BCUT2D eigenvalue weighted by Crippen LogP contribution is 2.29. The molecule has 1 heterocycles. The SMILES string of the molecule is C[C@H](Oc1ccc(Cl)cc1Cl)C(=O)Nc1ccc2nc(NN)sc2c1. The Kier molecular flexibility index (Phi) is 5.29. The Bertz CT molecular complexity index is 932. The highest BCUT2D eigenvalue weighted by atomic mass is 35.5. The van der Waals surface area contributed by atoms with Crippen LogP contribution in [0.2, 0.25) is 10.0 Å². The number of hydrogen-bond acceptors (Lipinski definition) is 6. The molecule has 0 fully saturated rings. The fraction of sp³-hybridized carbons (Fsp3) is 0.125. The van der Waals surface area contributed by atoms with Gasteiger partial charge in [-0.3, -0.25) is 10.2 Å². The van der Waals surface area contributed by atoms with Crippen molar-refractivity contribution < 1.29 is 9.53 Å². The van der Waals surface area contributed by atoms with Crippen LogP contribution in [-0.4, -0.2) is 17.0 Å². The summed E-state index contributed by atoms with van der Waals surface area (Å²) < 4.78 is 6.51. The van der Waals surface area contributed by atoms with Crippen molar-refractivity contribution in [1.82, 2.24) is 4.98 Å². The lowest BCUT2D eigenvalue weighted by molar-refractivity contribution is -0.122. The molecule has 3 rings (SSSR count). The molecule has 0 saturated carbocycles.